The first-order valence-corrected chi connectivity index (χ1v) is 12.3. The Hall–Kier alpha value is -3.11. The predicted molar refractivity (Wildman–Crippen MR) is 127 cm³/mol. The van der Waals surface area contributed by atoms with Crippen LogP contribution in [0.3, 0.4) is 0 Å². The Kier molecular flexibility index (Phi) is 6.44. The number of nitrogens with zero attached hydrogens (tertiary/aromatic N) is 1. The summed E-state index contributed by atoms with van der Waals surface area (Å²) in [5.41, 5.74) is -1.39. The molecular formula is C25H19Cl2F3N2O5. The molecule has 1 N–H and O–H groups in total. The molecule has 2 saturated carbocycles. The summed E-state index contributed by atoms with van der Waals surface area (Å²) in [6.07, 6.45) is -4.07. The van der Waals surface area contributed by atoms with Gasteiger partial charge in [-0.05, 0) is 48.6 Å². The average Bonchev–Trinajstić information content (AvgIpc) is 3.47. The van der Waals surface area contributed by atoms with Gasteiger partial charge in [-0.3, -0.25) is 19.3 Å². The summed E-state index contributed by atoms with van der Waals surface area (Å²) < 4.78 is 44.3. The van der Waals surface area contributed by atoms with E-state index in [9.17, 15) is 32.3 Å². The summed E-state index contributed by atoms with van der Waals surface area (Å²) in [5, 5.41) is 1.27. The van der Waals surface area contributed by atoms with E-state index in [2.05, 4.69) is 5.32 Å². The first-order valence-electron chi connectivity index (χ1n) is 11.4. The molecule has 2 aromatic carbocycles. The summed E-state index contributed by atoms with van der Waals surface area (Å²) in [6, 6.07) is 9.99. The van der Waals surface area contributed by atoms with Crippen LogP contribution in [0.1, 0.15) is 22.3 Å². The van der Waals surface area contributed by atoms with Gasteiger partial charge in [0.2, 0.25) is 11.8 Å². The molecule has 7 nitrogen and oxygen atoms in total. The van der Waals surface area contributed by atoms with E-state index in [1.54, 1.807) is 0 Å². The minimum Gasteiger partial charge on any atom is -0.452 e. The Balaban J connectivity index is 1.26. The van der Waals surface area contributed by atoms with Crippen LogP contribution in [0.25, 0.3) is 0 Å². The van der Waals surface area contributed by atoms with Gasteiger partial charge in [0.15, 0.2) is 6.61 Å². The van der Waals surface area contributed by atoms with Crippen LogP contribution in [0.5, 0.6) is 0 Å². The molecule has 3 aliphatic rings. The van der Waals surface area contributed by atoms with Gasteiger partial charge in [0, 0.05) is 0 Å². The number of ether oxygens (including phenoxy) is 1. The average molecular weight is 555 g/mol. The molecule has 12 heteroatoms. The molecule has 3 fully saturated rings. The summed E-state index contributed by atoms with van der Waals surface area (Å²) in [5.74, 6) is -4.25. The van der Waals surface area contributed by atoms with Gasteiger partial charge >= 0.3 is 12.1 Å². The van der Waals surface area contributed by atoms with Crippen LogP contribution in [0.15, 0.2) is 48.5 Å². The summed E-state index contributed by atoms with van der Waals surface area (Å²) >= 11 is 12.8. The van der Waals surface area contributed by atoms with Crippen molar-refractivity contribution in [2.24, 2.45) is 23.7 Å². The molecule has 194 valence electrons. The van der Waals surface area contributed by atoms with E-state index in [4.69, 9.17) is 27.9 Å². The number of hydrogen-bond acceptors (Lipinski definition) is 5. The molecule has 0 unspecified atom stereocenters. The molecule has 3 amide bonds. The second kappa shape index (κ2) is 9.33. The van der Waals surface area contributed by atoms with Crippen LogP contribution in [0, 0.1) is 23.7 Å². The maximum absolute atomic E-state index is 13.2. The number of amides is 3. The SMILES string of the molecule is O=C(COC(=O)c1cccc(N2C(=O)[C@@H]3[C@H]4C[C@@H]([C@H](Cl)[C@H]4Cl)[C@@H]3C2=O)c1)Nc1ccccc1C(F)(F)F. The lowest BCUT2D eigenvalue weighted by molar-refractivity contribution is -0.137. The van der Waals surface area contributed by atoms with Crippen molar-refractivity contribution in [3.63, 3.8) is 0 Å². The number of hydrogen-bond donors (Lipinski definition) is 1. The van der Waals surface area contributed by atoms with Crippen LogP contribution in [0.4, 0.5) is 24.5 Å². The zero-order valence-electron chi connectivity index (χ0n) is 18.9. The van der Waals surface area contributed by atoms with Crippen molar-refractivity contribution in [3.05, 3.63) is 59.7 Å². The first-order chi connectivity index (χ1) is 17.5. The van der Waals surface area contributed by atoms with Crippen molar-refractivity contribution in [1.29, 1.82) is 0 Å². The standard InChI is InChI=1S/C25H19Cl2F3N2O5/c26-20-13-9-14(21(20)27)19-18(13)22(34)32(23(19)35)12-5-3-4-11(8-12)24(36)37-10-17(33)31-16-7-2-1-6-15(16)25(28,29)30/h1-8,13-14,18-21H,9-10H2,(H,31,33)/t13-,14-,18-,19+,20+,21+/m1/s1. The molecule has 0 spiro atoms. The summed E-state index contributed by atoms with van der Waals surface area (Å²) in [6.45, 7) is -0.849. The zero-order valence-corrected chi connectivity index (χ0v) is 20.4. The second-order valence-electron chi connectivity index (χ2n) is 9.23. The van der Waals surface area contributed by atoms with E-state index in [1.807, 2.05) is 0 Å². The fourth-order valence-corrected chi connectivity index (χ4v) is 6.51. The lowest BCUT2D eigenvalue weighted by atomic mass is 9.80. The van der Waals surface area contributed by atoms with Crippen molar-refractivity contribution >= 4 is 58.3 Å². The highest BCUT2D eigenvalue weighted by Crippen LogP contribution is 2.59. The van der Waals surface area contributed by atoms with Gasteiger partial charge in [-0.1, -0.05) is 18.2 Å². The molecular weight excluding hydrogens is 536 g/mol. The Morgan fingerprint density at radius 2 is 1.59 bits per heavy atom. The molecule has 1 heterocycles. The first kappa shape index (κ1) is 25.5. The van der Waals surface area contributed by atoms with Gasteiger partial charge in [-0.15, -0.1) is 23.2 Å². The summed E-state index contributed by atoms with van der Waals surface area (Å²) in [7, 11) is 0. The minimum absolute atomic E-state index is 0.0490. The number of imide groups is 1. The third kappa shape index (κ3) is 4.35. The second-order valence-corrected chi connectivity index (χ2v) is 10.2. The number of alkyl halides is 5. The Bertz CT molecular complexity index is 1270. The molecule has 6 atom stereocenters. The van der Waals surface area contributed by atoms with E-state index in [-0.39, 0.29) is 23.1 Å². The van der Waals surface area contributed by atoms with Crippen LogP contribution in [-0.2, 0) is 25.3 Å². The number of para-hydroxylation sites is 1. The van der Waals surface area contributed by atoms with Crippen molar-refractivity contribution in [2.45, 2.75) is 23.4 Å². The third-order valence-electron chi connectivity index (χ3n) is 7.17. The molecule has 0 radical (unpaired) electrons. The maximum Gasteiger partial charge on any atom is 0.418 e. The minimum atomic E-state index is -4.68. The monoisotopic (exact) mass is 554 g/mol. The largest absolute Gasteiger partial charge is 0.452 e. The number of halogens is 5. The Morgan fingerprint density at radius 1 is 0.973 bits per heavy atom. The van der Waals surface area contributed by atoms with Crippen molar-refractivity contribution in [1.82, 2.24) is 0 Å². The van der Waals surface area contributed by atoms with Gasteiger partial charge < -0.3 is 10.1 Å². The molecule has 0 aromatic heterocycles. The van der Waals surface area contributed by atoms with Gasteiger partial charge in [0.05, 0.1) is 45.1 Å². The van der Waals surface area contributed by atoms with E-state index < -0.39 is 70.3 Å². The van der Waals surface area contributed by atoms with Crippen LogP contribution < -0.4 is 10.2 Å². The number of fused-ring (bicyclic) bond motifs is 5. The zero-order chi connectivity index (χ0) is 26.6. The number of carbonyl (C=O) groups is 4. The molecule has 2 aromatic rings. The maximum atomic E-state index is 13.2. The topological polar surface area (TPSA) is 92.8 Å². The lowest BCUT2D eigenvalue weighted by Gasteiger charge is -2.28. The van der Waals surface area contributed by atoms with E-state index in [0.29, 0.717) is 6.42 Å². The van der Waals surface area contributed by atoms with Crippen LogP contribution in [-0.4, -0.2) is 41.1 Å². The third-order valence-corrected chi connectivity index (χ3v) is 8.49. The Labute approximate surface area is 218 Å². The number of benzene rings is 2. The highest BCUT2D eigenvalue weighted by molar-refractivity contribution is 6.32. The normalized spacial score (nSPS) is 28.4. The van der Waals surface area contributed by atoms with Crippen molar-refractivity contribution in [2.75, 3.05) is 16.8 Å². The predicted octanol–water partition coefficient (Wildman–Crippen LogP) is 4.47. The number of rotatable bonds is 5. The highest BCUT2D eigenvalue weighted by atomic mass is 35.5. The molecule has 2 aliphatic carbocycles. The summed E-state index contributed by atoms with van der Waals surface area (Å²) in [4.78, 5) is 52.1. The van der Waals surface area contributed by atoms with E-state index in [1.165, 1.54) is 36.4 Å². The fraction of sp³-hybridized carbons (Fsp3) is 0.360. The van der Waals surface area contributed by atoms with Crippen LogP contribution in [0.2, 0.25) is 0 Å². The van der Waals surface area contributed by atoms with Crippen molar-refractivity contribution < 1.29 is 37.1 Å². The van der Waals surface area contributed by atoms with Gasteiger partial charge in [0.25, 0.3) is 5.91 Å². The molecule has 2 bridgehead atoms. The number of nitrogens with one attached hydrogen (secondary N) is 1. The molecule has 37 heavy (non-hydrogen) atoms. The van der Waals surface area contributed by atoms with Gasteiger partial charge in [-0.25, -0.2) is 4.79 Å². The van der Waals surface area contributed by atoms with Gasteiger partial charge in [0.1, 0.15) is 0 Å². The number of carbonyl (C=O) groups excluding carboxylic acids is 4. The van der Waals surface area contributed by atoms with E-state index in [0.717, 1.165) is 17.0 Å². The smallest absolute Gasteiger partial charge is 0.418 e. The molecule has 1 saturated heterocycles. The van der Waals surface area contributed by atoms with Gasteiger partial charge in [-0.2, -0.15) is 13.2 Å². The molecule has 1 aliphatic heterocycles. The highest BCUT2D eigenvalue weighted by Gasteiger charge is 2.67. The fourth-order valence-electron chi connectivity index (χ4n) is 5.62. The van der Waals surface area contributed by atoms with Crippen molar-refractivity contribution in [3.8, 4) is 0 Å². The van der Waals surface area contributed by atoms with E-state index >= 15 is 0 Å². The quantitative estimate of drug-likeness (QED) is 0.334. The Morgan fingerprint density at radius 3 is 2.22 bits per heavy atom. The lowest BCUT2D eigenvalue weighted by Crippen LogP contribution is -2.37. The number of anilines is 2. The molecule has 5 rings (SSSR count). The number of esters is 1. The van der Waals surface area contributed by atoms with Crippen LogP contribution >= 0.6 is 23.2 Å².